The lowest BCUT2D eigenvalue weighted by Crippen LogP contribution is -2.52. The van der Waals surface area contributed by atoms with Crippen LogP contribution in [-0.2, 0) is 11.2 Å². The second kappa shape index (κ2) is 6.47. The molecule has 1 fully saturated rings. The topological polar surface area (TPSA) is 59.4 Å². The van der Waals surface area contributed by atoms with E-state index in [2.05, 4.69) is 16.6 Å². The Balaban J connectivity index is 1.78. The highest BCUT2D eigenvalue weighted by molar-refractivity contribution is 5.69. The van der Waals surface area contributed by atoms with Crippen molar-refractivity contribution in [1.82, 2.24) is 20.0 Å². The molecule has 1 amide bonds. The van der Waals surface area contributed by atoms with Crippen LogP contribution in [-0.4, -0.2) is 53.1 Å². The third kappa shape index (κ3) is 4.46. The van der Waals surface area contributed by atoms with Crippen LogP contribution < -0.4 is 5.32 Å². The van der Waals surface area contributed by atoms with Gasteiger partial charge < -0.3 is 15.0 Å². The van der Waals surface area contributed by atoms with Gasteiger partial charge in [0.25, 0.3) is 0 Å². The maximum absolute atomic E-state index is 11.9. The summed E-state index contributed by atoms with van der Waals surface area (Å²) in [5, 5.41) is 7.54. The molecule has 0 aliphatic carbocycles. The Morgan fingerprint density at radius 2 is 2.19 bits per heavy atom. The summed E-state index contributed by atoms with van der Waals surface area (Å²) in [5.41, 5.74) is 0.815. The molecule has 1 aliphatic heterocycles. The number of aryl methyl sites for hydroxylation is 1. The lowest BCUT2D eigenvalue weighted by atomic mass is 10.1. The number of aromatic nitrogens is 2. The monoisotopic (exact) mass is 294 g/mol. The first-order valence-electron chi connectivity index (χ1n) is 7.54. The SMILES string of the molecule is CNCCCc1cnn(C2CN(C(=O)OC(C)(C)C)C2)c1. The molecule has 2 rings (SSSR count). The molecule has 1 saturated heterocycles. The Morgan fingerprint density at radius 1 is 1.48 bits per heavy atom. The van der Waals surface area contributed by atoms with Crippen molar-refractivity contribution in [2.45, 2.75) is 45.3 Å². The van der Waals surface area contributed by atoms with Gasteiger partial charge >= 0.3 is 6.09 Å². The van der Waals surface area contributed by atoms with Gasteiger partial charge in [-0.3, -0.25) is 4.68 Å². The van der Waals surface area contributed by atoms with Crippen molar-refractivity contribution in [3.05, 3.63) is 18.0 Å². The van der Waals surface area contributed by atoms with Crippen molar-refractivity contribution in [1.29, 1.82) is 0 Å². The average Bonchev–Trinajstić information content (AvgIpc) is 2.73. The Kier molecular flexibility index (Phi) is 4.88. The summed E-state index contributed by atoms with van der Waals surface area (Å²) in [6, 6.07) is 0.274. The number of rotatable bonds is 5. The molecule has 0 spiro atoms. The Bertz CT molecular complexity index is 472. The predicted octanol–water partition coefficient (Wildman–Crippen LogP) is 1.83. The summed E-state index contributed by atoms with van der Waals surface area (Å²) >= 11 is 0. The summed E-state index contributed by atoms with van der Waals surface area (Å²) in [6.45, 7) is 8.01. The van der Waals surface area contributed by atoms with E-state index in [0.29, 0.717) is 13.1 Å². The van der Waals surface area contributed by atoms with Crippen LogP contribution in [0.5, 0.6) is 0 Å². The number of likely N-dealkylation sites (tertiary alicyclic amines) is 1. The maximum Gasteiger partial charge on any atom is 0.410 e. The first-order valence-corrected chi connectivity index (χ1v) is 7.54. The number of carbonyl (C=O) groups is 1. The molecule has 0 bridgehead atoms. The second-order valence-corrected chi connectivity index (χ2v) is 6.57. The number of nitrogens with zero attached hydrogens (tertiary/aromatic N) is 3. The molecule has 2 heterocycles. The van der Waals surface area contributed by atoms with Gasteiger partial charge in [-0.15, -0.1) is 0 Å². The van der Waals surface area contributed by atoms with Crippen LogP contribution in [0.3, 0.4) is 0 Å². The van der Waals surface area contributed by atoms with Gasteiger partial charge in [-0.25, -0.2) is 4.79 Å². The molecular formula is C15H26N4O2. The molecule has 1 aliphatic rings. The Labute approximate surface area is 126 Å². The van der Waals surface area contributed by atoms with Gasteiger partial charge in [-0.1, -0.05) is 0 Å². The zero-order valence-electron chi connectivity index (χ0n) is 13.4. The minimum atomic E-state index is -0.436. The van der Waals surface area contributed by atoms with Gasteiger partial charge in [-0.05, 0) is 52.8 Å². The van der Waals surface area contributed by atoms with Crippen molar-refractivity contribution in [2.75, 3.05) is 26.7 Å². The van der Waals surface area contributed by atoms with Crippen LogP contribution in [0, 0.1) is 0 Å². The fourth-order valence-corrected chi connectivity index (χ4v) is 2.27. The fraction of sp³-hybridized carbons (Fsp3) is 0.733. The van der Waals surface area contributed by atoms with E-state index in [1.165, 1.54) is 5.56 Å². The Hall–Kier alpha value is -1.56. The second-order valence-electron chi connectivity index (χ2n) is 6.57. The number of hydrogen-bond acceptors (Lipinski definition) is 4. The number of ether oxygens (including phenoxy) is 1. The molecular weight excluding hydrogens is 268 g/mol. The van der Waals surface area contributed by atoms with Crippen molar-refractivity contribution >= 4 is 6.09 Å². The largest absolute Gasteiger partial charge is 0.444 e. The molecule has 1 aromatic heterocycles. The average molecular weight is 294 g/mol. The van der Waals surface area contributed by atoms with Gasteiger partial charge in [0.1, 0.15) is 5.60 Å². The molecule has 21 heavy (non-hydrogen) atoms. The molecule has 0 atom stereocenters. The summed E-state index contributed by atoms with van der Waals surface area (Å²) in [5.74, 6) is 0. The number of amides is 1. The van der Waals surface area contributed by atoms with E-state index in [9.17, 15) is 4.79 Å². The third-order valence-corrected chi connectivity index (χ3v) is 3.44. The number of nitrogens with one attached hydrogen (secondary N) is 1. The van der Waals surface area contributed by atoms with Gasteiger partial charge in [0.05, 0.1) is 12.2 Å². The van der Waals surface area contributed by atoms with Gasteiger partial charge in [0, 0.05) is 19.3 Å². The van der Waals surface area contributed by atoms with Crippen LogP contribution in [0.15, 0.2) is 12.4 Å². The van der Waals surface area contributed by atoms with Crippen LogP contribution in [0.1, 0.15) is 38.8 Å². The van der Waals surface area contributed by atoms with Gasteiger partial charge in [0.15, 0.2) is 0 Å². The van der Waals surface area contributed by atoms with E-state index in [-0.39, 0.29) is 12.1 Å². The van der Waals surface area contributed by atoms with Gasteiger partial charge in [-0.2, -0.15) is 5.10 Å². The summed E-state index contributed by atoms with van der Waals surface area (Å²) < 4.78 is 7.31. The normalized spacial score (nSPS) is 15.9. The molecule has 6 nitrogen and oxygen atoms in total. The van der Waals surface area contributed by atoms with Crippen LogP contribution >= 0.6 is 0 Å². The van der Waals surface area contributed by atoms with Crippen LogP contribution in [0.2, 0.25) is 0 Å². The molecule has 0 saturated carbocycles. The maximum atomic E-state index is 11.9. The third-order valence-electron chi connectivity index (χ3n) is 3.44. The first kappa shape index (κ1) is 15.8. The van der Waals surface area contributed by atoms with Crippen LogP contribution in [0.4, 0.5) is 4.79 Å². The van der Waals surface area contributed by atoms with Crippen molar-refractivity contribution in [3.63, 3.8) is 0 Å². The minimum absolute atomic E-state index is 0.236. The highest BCUT2D eigenvalue weighted by Crippen LogP contribution is 2.23. The smallest absolute Gasteiger partial charge is 0.410 e. The Morgan fingerprint density at radius 3 is 2.81 bits per heavy atom. The standard InChI is InChI=1S/C15H26N4O2/c1-15(2,3)21-14(20)18-10-13(11-18)19-9-12(8-17-19)6-5-7-16-4/h8-9,13,16H,5-7,10-11H2,1-4H3. The molecule has 0 aromatic carbocycles. The highest BCUT2D eigenvalue weighted by atomic mass is 16.6. The molecule has 1 N–H and O–H groups in total. The van der Waals surface area contributed by atoms with E-state index in [1.54, 1.807) is 4.90 Å². The van der Waals surface area contributed by atoms with E-state index in [4.69, 9.17) is 4.74 Å². The quantitative estimate of drug-likeness (QED) is 0.842. The zero-order valence-corrected chi connectivity index (χ0v) is 13.4. The van der Waals surface area contributed by atoms with Crippen LogP contribution in [0.25, 0.3) is 0 Å². The molecule has 0 unspecified atom stereocenters. The van der Waals surface area contributed by atoms with E-state index >= 15 is 0 Å². The van der Waals surface area contributed by atoms with E-state index in [0.717, 1.165) is 19.4 Å². The van der Waals surface area contributed by atoms with Crippen molar-refractivity contribution in [3.8, 4) is 0 Å². The molecule has 0 radical (unpaired) electrons. The van der Waals surface area contributed by atoms with E-state index < -0.39 is 5.60 Å². The highest BCUT2D eigenvalue weighted by Gasteiger charge is 2.35. The number of hydrogen-bond donors (Lipinski definition) is 1. The lowest BCUT2D eigenvalue weighted by Gasteiger charge is -2.39. The predicted molar refractivity (Wildman–Crippen MR) is 81.3 cm³/mol. The summed E-state index contributed by atoms with van der Waals surface area (Å²) in [7, 11) is 1.96. The van der Waals surface area contributed by atoms with Gasteiger partial charge in [0.2, 0.25) is 0 Å². The summed E-state index contributed by atoms with van der Waals surface area (Å²) in [6.07, 6.45) is 5.92. The van der Waals surface area contributed by atoms with Crippen molar-refractivity contribution < 1.29 is 9.53 Å². The fourth-order valence-electron chi connectivity index (χ4n) is 2.27. The summed E-state index contributed by atoms with van der Waals surface area (Å²) in [4.78, 5) is 13.6. The van der Waals surface area contributed by atoms with E-state index in [1.807, 2.05) is 38.7 Å². The lowest BCUT2D eigenvalue weighted by molar-refractivity contribution is -0.000394. The zero-order chi connectivity index (χ0) is 15.5. The number of carbonyl (C=O) groups excluding carboxylic acids is 1. The molecule has 6 heteroatoms. The first-order chi connectivity index (χ1) is 9.89. The molecule has 1 aromatic rings. The molecule has 118 valence electrons. The van der Waals surface area contributed by atoms with Crippen molar-refractivity contribution in [2.24, 2.45) is 0 Å². The minimum Gasteiger partial charge on any atom is -0.444 e.